The summed E-state index contributed by atoms with van der Waals surface area (Å²) in [6.45, 7) is 3.15. The number of pyridine rings is 1. The van der Waals surface area contributed by atoms with E-state index in [1.54, 1.807) is 13.2 Å². The quantitative estimate of drug-likeness (QED) is 0.290. The molecule has 0 aliphatic carbocycles. The number of halogens is 1. The highest BCUT2D eigenvalue weighted by atomic mass is 32.1. The Kier molecular flexibility index (Phi) is 5.65. The van der Waals surface area contributed by atoms with Gasteiger partial charge < -0.3 is 25.4 Å². The van der Waals surface area contributed by atoms with E-state index >= 15 is 0 Å². The van der Waals surface area contributed by atoms with E-state index in [-0.39, 0.29) is 30.4 Å². The molecule has 4 aromatic rings. The molecule has 0 saturated carbocycles. The lowest BCUT2D eigenvalue weighted by Crippen LogP contribution is -2.34. The smallest absolute Gasteiger partial charge is 0.321 e. The summed E-state index contributed by atoms with van der Waals surface area (Å²) in [7, 11) is 1.54. The molecule has 5 rings (SSSR count). The van der Waals surface area contributed by atoms with Gasteiger partial charge in [0.1, 0.15) is 23.1 Å². The molecule has 0 radical (unpaired) electrons. The maximum absolute atomic E-state index is 13.9. The van der Waals surface area contributed by atoms with Crippen LogP contribution in [0, 0.1) is 5.95 Å². The number of ether oxygens (including phenoxy) is 2. The van der Waals surface area contributed by atoms with Gasteiger partial charge in [-0.2, -0.15) is 14.4 Å². The van der Waals surface area contributed by atoms with Crippen molar-refractivity contribution in [3.05, 3.63) is 41.2 Å². The standard InChI is InChI=1S/C22H21FN6O3S/c1-11-10-24-19-18-12-3-6-16(26-13(12)4-5-14(18)33-20(19)21(30)25-11)28-17-9-15(23)27-22(29-17)32-8-7-31-2/h3-6,9,11,24H,7-8,10H2,1-2H3,(H,25,30)(H,26,27,28,29)/t11-/m0/s1. The number of benzene rings is 1. The zero-order chi connectivity index (χ0) is 22.9. The molecule has 0 saturated heterocycles. The highest BCUT2D eigenvalue weighted by Gasteiger charge is 2.24. The summed E-state index contributed by atoms with van der Waals surface area (Å²) >= 11 is 1.46. The third-order valence-corrected chi connectivity index (χ3v) is 6.29. The van der Waals surface area contributed by atoms with Crippen molar-refractivity contribution in [1.82, 2.24) is 20.3 Å². The topological polar surface area (TPSA) is 110 Å². The van der Waals surface area contributed by atoms with E-state index in [0.717, 1.165) is 26.7 Å². The minimum atomic E-state index is -0.720. The molecular formula is C22H21FN6O3S. The van der Waals surface area contributed by atoms with Gasteiger partial charge in [0.25, 0.3) is 5.91 Å². The number of carbonyl (C=O) groups excluding carboxylic acids is 1. The predicted molar refractivity (Wildman–Crippen MR) is 125 cm³/mol. The monoisotopic (exact) mass is 468 g/mol. The van der Waals surface area contributed by atoms with Crippen molar-refractivity contribution in [2.75, 3.05) is 37.5 Å². The Labute approximate surface area is 192 Å². The second-order valence-electron chi connectivity index (χ2n) is 7.59. The van der Waals surface area contributed by atoms with Crippen LogP contribution in [0.15, 0.2) is 30.3 Å². The molecule has 3 N–H and O–H groups in total. The zero-order valence-corrected chi connectivity index (χ0v) is 18.8. The summed E-state index contributed by atoms with van der Waals surface area (Å²) in [5.41, 5.74) is 1.57. The minimum Gasteiger partial charge on any atom is -0.461 e. The number of hydrogen-bond acceptors (Lipinski definition) is 9. The van der Waals surface area contributed by atoms with E-state index in [4.69, 9.17) is 9.47 Å². The van der Waals surface area contributed by atoms with Crippen molar-refractivity contribution in [1.29, 1.82) is 0 Å². The first kappa shape index (κ1) is 21.3. The van der Waals surface area contributed by atoms with Crippen molar-refractivity contribution in [3.63, 3.8) is 0 Å². The maximum Gasteiger partial charge on any atom is 0.321 e. The SMILES string of the molecule is COCCOc1nc(F)cc(Nc2ccc3c(ccc4sc5c(c43)NC[C@H](C)NC5=O)n2)n1. The predicted octanol–water partition coefficient (Wildman–Crippen LogP) is 3.69. The maximum atomic E-state index is 13.9. The lowest BCUT2D eigenvalue weighted by Gasteiger charge is -2.11. The number of nitrogens with zero attached hydrogens (tertiary/aromatic N) is 3. The van der Waals surface area contributed by atoms with Crippen LogP contribution < -0.4 is 20.7 Å². The molecule has 9 nitrogen and oxygen atoms in total. The van der Waals surface area contributed by atoms with Gasteiger partial charge in [-0.05, 0) is 31.2 Å². The molecule has 11 heteroatoms. The van der Waals surface area contributed by atoms with Crippen LogP contribution in [0.3, 0.4) is 0 Å². The van der Waals surface area contributed by atoms with Crippen LogP contribution in [0.1, 0.15) is 16.6 Å². The number of anilines is 3. The van der Waals surface area contributed by atoms with Gasteiger partial charge in [-0.1, -0.05) is 0 Å². The van der Waals surface area contributed by atoms with Crippen LogP contribution >= 0.6 is 11.3 Å². The van der Waals surface area contributed by atoms with Gasteiger partial charge in [0.05, 0.1) is 17.8 Å². The van der Waals surface area contributed by atoms with Crippen LogP contribution in [-0.4, -0.2) is 53.8 Å². The number of methoxy groups -OCH3 is 1. The van der Waals surface area contributed by atoms with E-state index in [0.29, 0.717) is 23.8 Å². The number of thiophene rings is 1. The van der Waals surface area contributed by atoms with Crippen molar-refractivity contribution in [2.45, 2.75) is 13.0 Å². The van der Waals surface area contributed by atoms with Crippen LogP contribution in [0.2, 0.25) is 0 Å². The van der Waals surface area contributed by atoms with E-state index in [1.165, 1.54) is 17.4 Å². The summed E-state index contributed by atoms with van der Waals surface area (Å²) in [5, 5.41) is 11.3. The van der Waals surface area contributed by atoms with Crippen molar-refractivity contribution < 1.29 is 18.7 Å². The molecule has 1 aliphatic heterocycles. The van der Waals surface area contributed by atoms with Crippen LogP contribution in [-0.2, 0) is 4.74 Å². The molecule has 0 bridgehead atoms. The van der Waals surface area contributed by atoms with Gasteiger partial charge in [-0.15, -0.1) is 11.3 Å². The molecule has 3 aromatic heterocycles. The number of aromatic nitrogens is 3. The highest BCUT2D eigenvalue weighted by molar-refractivity contribution is 7.21. The Bertz CT molecular complexity index is 1360. The van der Waals surface area contributed by atoms with Crippen LogP contribution in [0.25, 0.3) is 21.0 Å². The number of amides is 1. The summed E-state index contributed by atoms with van der Waals surface area (Å²) < 4.78 is 25.1. The molecule has 0 unspecified atom stereocenters. The first-order chi connectivity index (χ1) is 16.0. The van der Waals surface area contributed by atoms with Gasteiger partial charge in [-0.25, -0.2) is 4.98 Å². The number of nitrogens with one attached hydrogen (secondary N) is 3. The van der Waals surface area contributed by atoms with Crippen LogP contribution in [0.4, 0.5) is 21.7 Å². The molecule has 1 aromatic carbocycles. The number of carbonyl (C=O) groups is 1. The van der Waals surface area contributed by atoms with Gasteiger partial charge in [0, 0.05) is 41.2 Å². The zero-order valence-electron chi connectivity index (χ0n) is 17.9. The Morgan fingerprint density at radius 1 is 1.18 bits per heavy atom. The second-order valence-corrected chi connectivity index (χ2v) is 8.64. The third kappa shape index (κ3) is 4.24. The highest BCUT2D eigenvalue weighted by Crippen LogP contribution is 2.41. The first-order valence-corrected chi connectivity index (χ1v) is 11.2. The summed E-state index contributed by atoms with van der Waals surface area (Å²) in [4.78, 5) is 25.7. The normalized spacial score (nSPS) is 15.6. The Morgan fingerprint density at radius 2 is 2.06 bits per heavy atom. The fourth-order valence-corrected chi connectivity index (χ4v) is 4.77. The van der Waals surface area contributed by atoms with E-state index < -0.39 is 5.95 Å². The van der Waals surface area contributed by atoms with Gasteiger partial charge in [0.2, 0.25) is 5.95 Å². The molecule has 4 heterocycles. The largest absolute Gasteiger partial charge is 0.461 e. The van der Waals surface area contributed by atoms with Crippen molar-refractivity contribution in [2.24, 2.45) is 0 Å². The molecule has 1 amide bonds. The molecule has 0 spiro atoms. The molecule has 33 heavy (non-hydrogen) atoms. The second kappa shape index (κ2) is 8.75. The Morgan fingerprint density at radius 3 is 2.91 bits per heavy atom. The van der Waals surface area contributed by atoms with Crippen LogP contribution in [0.5, 0.6) is 6.01 Å². The summed E-state index contributed by atoms with van der Waals surface area (Å²) in [5.74, 6) is -0.0811. The molecule has 170 valence electrons. The molecule has 0 fully saturated rings. The average molecular weight is 469 g/mol. The fraction of sp³-hybridized carbons (Fsp3) is 0.273. The lowest BCUT2D eigenvalue weighted by atomic mass is 10.1. The Balaban J connectivity index is 1.48. The fourth-order valence-electron chi connectivity index (χ4n) is 3.67. The molecule has 1 aliphatic rings. The van der Waals surface area contributed by atoms with Crippen molar-refractivity contribution in [3.8, 4) is 6.01 Å². The van der Waals surface area contributed by atoms with E-state index in [2.05, 4.69) is 30.9 Å². The van der Waals surface area contributed by atoms with Gasteiger partial charge >= 0.3 is 6.01 Å². The van der Waals surface area contributed by atoms with E-state index in [9.17, 15) is 9.18 Å². The third-order valence-electron chi connectivity index (χ3n) is 5.14. The summed E-state index contributed by atoms with van der Waals surface area (Å²) in [6.07, 6.45) is 0. The number of fused-ring (bicyclic) bond motifs is 5. The van der Waals surface area contributed by atoms with E-state index in [1.807, 2.05) is 25.1 Å². The minimum absolute atomic E-state index is 0.0349. The first-order valence-electron chi connectivity index (χ1n) is 10.4. The Hall–Kier alpha value is -3.57. The lowest BCUT2D eigenvalue weighted by molar-refractivity contribution is 0.0949. The van der Waals surface area contributed by atoms with Gasteiger partial charge in [-0.3, -0.25) is 4.79 Å². The number of hydrogen-bond donors (Lipinski definition) is 3. The molecule has 1 atom stereocenters. The number of rotatable bonds is 6. The molecular weight excluding hydrogens is 447 g/mol. The average Bonchev–Trinajstić information content (AvgIpc) is 3.10. The van der Waals surface area contributed by atoms with Gasteiger partial charge in [0.15, 0.2) is 0 Å². The summed E-state index contributed by atoms with van der Waals surface area (Å²) in [6, 6.07) is 8.69. The van der Waals surface area contributed by atoms with Crippen molar-refractivity contribution >= 4 is 55.6 Å².